The molecule has 4 heterocycles. The van der Waals surface area contributed by atoms with Crippen molar-refractivity contribution in [2.24, 2.45) is 5.92 Å². The van der Waals surface area contributed by atoms with Crippen molar-refractivity contribution in [3.63, 3.8) is 0 Å². The van der Waals surface area contributed by atoms with Gasteiger partial charge in [-0.05, 0) is 37.0 Å². The van der Waals surface area contributed by atoms with Crippen LogP contribution in [0.25, 0.3) is 0 Å². The summed E-state index contributed by atoms with van der Waals surface area (Å²) in [5, 5.41) is 0. The second-order valence-corrected chi connectivity index (χ2v) is 7.40. The molecule has 0 saturated carbocycles. The molecular weight excluding hydrogens is 340 g/mol. The number of hydrogen-bond donors (Lipinski definition) is 0. The Kier molecular flexibility index (Phi) is 5.18. The molecule has 0 unspecified atom stereocenters. The van der Waals surface area contributed by atoms with Crippen LogP contribution in [0.15, 0.2) is 36.8 Å². The highest BCUT2D eigenvalue weighted by molar-refractivity contribution is 5.93. The maximum Gasteiger partial charge on any atom is 0.272 e. The molecule has 7 heteroatoms. The van der Waals surface area contributed by atoms with Gasteiger partial charge in [-0.2, -0.15) is 0 Å². The number of likely N-dealkylation sites (tertiary alicyclic amines) is 1. The van der Waals surface area contributed by atoms with Crippen molar-refractivity contribution in [3.8, 4) is 0 Å². The molecule has 27 heavy (non-hydrogen) atoms. The van der Waals surface area contributed by atoms with Crippen LogP contribution < -0.4 is 9.80 Å². The molecule has 0 atom stereocenters. The highest BCUT2D eigenvalue weighted by Gasteiger charge is 2.24. The SMILES string of the molecule is CC1CCN(C(=O)c2cc(N3CCN(c4ncccn4)CC3)ccn2)CC1. The van der Waals surface area contributed by atoms with Crippen LogP contribution >= 0.6 is 0 Å². The predicted molar refractivity (Wildman–Crippen MR) is 105 cm³/mol. The number of rotatable bonds is 3. The number of piperidine rings is 1. The molecule has 2 aliphatic rings. The molecule has 0 aliphatic carbocycles. The molecule has 1 amide bonds. The highest BCUT2D eigenvalue weighted by Crippen LogP contribution is 2.21. The molecule has 0 N–H and O–H groups in total. The van der Waals surface area contributed by atoms with Gasteiger partial charge in [-0.15, -0.1) is 0 Å². The van der Waals surface area contributed by atoms with Crippen molar-refractivity contribution >= 4 is 17.5 Å². The van der Waals surface area contributed by atoms with Gasteiger partial charge in [0.1, 0.15) is 5.69 Å². The summed E-state index contributed by atoms with van der Waals surface area (Å²) in [4.78, 5) is 32.2. The summed E-state index contributed by atoms with van der Waals surface area (Å²) in [6.45, 7) is 7.39. The summed E-state index contributed by atoms with van der Waals surface area (Å²) in [5.41, 5.74) is 1.61. The lowest BCUT2D eigenvalue weighted by Crippen LogP contribution is -2.47. The number of amides is 1. The first-order valence-corrected chi connectivity index (χ1v) is 9.73. The molecule has 0 bridgehead atoms. The molecule has 2 fully saturated rings. The summed E-state index contributed by atoms with van der Waals surface area (Å²) in [5.74, 6) is 1.54. The Balaban J connectivity index is 1.40. The normalized spacial score (nSPS) is 18.6. The molecule has 7 nitrogen and oxygen atoms in total. The number of hydrogen-bond acceptors (Lipinski definition) is 6. The van der Waals surface area contributed by atoms with Crippen LogP contribution in [-0.2, 0) is 0 Å². The van der Waals surface area contributed by atoms with Gasteiger partial charge in [-0.25, -0.2) is 9.97 Å². The van der Waals surface area contributed by atoms with Crippen molar-refractivity contribution in [3.05, 3.63) is 42.5 Å². The van der Waals surface area contributed by atoms with Crippen LogP contribution in [-0.4, -0.2) is 65.0 Å². The Morgan fingerprint density at radius 1 is 0.926 bits per heavy atom. The zero-order chi connectivity index (χ0) is 18.6. The third-order valence-corrected chi connectivity index (χ3v) is 5.51. The Morgan fingerprint density at radius 3 is 2.30 bits per heavy atom. The van der Waals surface area contributed by atoms with Gasteiger partial charge >= 0.3 is 0 Å². The van der Waals surface area contributed by atoms with E-state index in [9.17, 15) is 4.79 Å². The second-order valence-electron chi connectivity index (χ2n) is 7.40. The number of aromatic nitrogens is 3. The first-order valence-electron chi connectivity index (χ1n) is 9.73. The van der Waals surface area contributed by atoms with E-state index in [4.69, 9.17) is 0 Å². The van der Waals surface area contributed by atoms with E-state index in [2.05, 4.69) is 31.7 Å². The van der Waals surface area contributed by atoms with Crippen LogP contribution in [0.1, 0.15) is 30.3 Å². The molecule has 2 aliphatic heterocycles. The van der Waals surface area contributed by atoms with Crippen LogP contribution in [0.3, 0.4) is 0 Å². The average molecular weight is 366 g/mol. The summed E-state index contributed by atoms with van der Waals surface area (Å²) in [6.07, 6.45) is 7.46. The smallest absolute Gasteiger partial charge is 0.272 e. The number of carbonyl (C=O) groups excluding carboxylic acids is 1. The lowest BCUT2D eigenvalue weighted by molar-refractivity contribution is 0.0691. The molecule has 142 valence electrons. The van der Waals surface area contributed by atoms with Crippen molar-refractivity contribution in [2.75, 3.05) is 49.1 Å². The van der Waals surface area contributed by atoms with Crippen LogP contribution in [0, 0.1) is 5.92 Å². The zero-order valence-corrected chi connectivity index (χ0v) is 15.8. The van der Waals surface area contributed by atoms with Gasteiger partial charge in [0.2, 0.25) is 5.95 Å². The second kappa shape index (κ2) is 7.90. The van der Waals surface area contributed by atoms with E-state index in [-0.39, 0.29) is 5.91 Å². The van der Waals surface area contributed by atoms with Crippen LogP contribution in [0.5, 0.6) is 0 Å². The van der Waals surface area contributed by atoms with E-state index in [1.807, 2.05) is 23.1 Å². The van der Waals surface area contributed by atoms with Crippen molar-refractivity contribution in [1.29, 1.82) is 0 Å². The average Bonchev–Trinajstić information content (AvgIpc) is 2.75. The summed E-state index contributed by atoms with van der Waals surface area (Å²) in [7, 11) is 0. The van der Waals surface area contributed by atoms with E-state index in [1.165, 1.54) is 0 Å². The number of piperazine rings is 1. The molecule has 2 aromatic heterocycles. The third kappa shape index (κ3) is 4.02. The fourth-order valence-electron chi connectivity index (χ4n) is 3.73. The zero-order valence-electron chi connectivity index (χ0n) is 15.8. The van der Waals surface area contributed by atoms with E-state index >= 15 is 0 Å². The fraction of sp³-hybridized carbons (Fsp3) is 0.500. The minimum atomic E-state index is 0.0556. The first kappa shape index (κ1) is 17.7. The molecule has 0 aromatic carbocycles. The predicted octanol–water partition coefficient (Wildman–Crippen LogP) is 2.07. The quantitative estimate of drug-likeness (QED) is 0.829. The van der Waals surface area contributed by atoms with Crippen LogP contribution in [0.2, 0.25) is 0 Å². The Bertz CT molecular complexity index is 767. The topological polar surface area (TPSA) is 65.5 Å². The number of pyridine rings is 1. The molecule has 0 radical (unpaired) electrons. The monoisotopic (exact) mass is 366 g/mol. The highest BCUT2D eigenvalue weighted by atomic mass is 16.2. The fourth-order valence-corrected chi connectivity index (χ4v) is 3.73. The van der Waals surface area contributed by atoms with Gasteiger partial charge in [0, 0.05) is 63.5 Å². The molecule has 4 rings (SSSR count). The van der Waals surface area contributed by atoms with Gasteiger partial charge in [0.25, 0.3) is 5.91 Å². The van der Waals surface area contributed by atoms with Gasteiger partial charge in [0.15, 0.2) is 0 Å². The van der Waals surface area contributed by atoms with Crippen LogP contribution in [0.4, 0.5) is 11.6 Å². The molecule has 0 spiro atoms. The minimum Gasteiger partial charge on any atom is -0.368 e. The maximum atomic E-state index is 12.8. The standard InChI is InChI=1S/C20H26N6O/c1-16-4-9-25(10-5-16)19(27)18-15-17(3-8-21-18)24-11-13-26(14-12-24)20-22-6-2-7-23-20/h2-3,6-8,15-16H,4-5,9-14H2,1H3. The lowest BCUT2D eigenvalue weighted by Gasteiger charge is -2.36. The Morgan fingerprint density at radius 2 is 1.59 bits per heavy atom. The van der Waals surface area contributed by atoms with Gasteiger partial charge in [-0.1, -0.05) is 6.92 Å². The minimum absolute atomic E-state index is 0.0556. The van der Waals surface area contributed by atoms with E-state index in [0.29, 0.717) is 11.6 Å². The van der Waals surface area contributed by atoms with Crippen molar-refractivity contribution < 1.29 is 4.79 Å². The number of anilines is 2. The van der Waals surface area contributed by atoms with E-state index in [0.717, 1.165) is 63.7 Å². The maximum absolute atomic E-state index is 12.8. The molecular formula is C20H26N6O. The Hall–Kier alpha value is -2.70. The van der Waals surface area contributed by atoms with Gasteiger partial charge in [-0.3, -0.25) is 9.78 Å². The van der Waals surface area contributed by atoms with Crippen molar-refractivity contribution in [1.82, 2.24) is 19.9 Å². The largest absolute Gasteiger partial charge is 0.368 e. The lowest BCUT2D eigenvalue weighted by atomic mass is 9.99. The summed E-state index contributed by atoms with van der Waals surface area (Å²) >= 11 is 0. The number of carbonyl (C=O) groups is 1. The first-order chi connectivity index (χ1) is 13.2. The van der Waals surface area contributed by atoms with Crippen molar-refractivity contribution in [2.45, 2.75) is 19.8 Å². The summed E-state index contributed by atoms with van der Waals surface area (Å²) in [6, 6.07) is 5.76. The van der Waals surface area contributed by atoms with Gasteiger partial charge in [0.05, 0.1) is 0 Å². The molecule has 2 saturated heterocycles. The third-order valence-electron chi connectivity index (χ3n) is 5.51. The van der Waals surface area contributed by atoms with E-state index < -0.39 is 0 Å². The number of nitrogens with zero attached hydrogens (tertiary/aromatic N) is 6. The Labute approximate surface area is 160 Å². The molecule has 2 aromatic rings. The van der Waals surface area contributed by atoms with E-state index in [1.54, 1.807) is 18.6 Å². The summed E-state index contributed by atoms with van der Waals surface area (Å²) < 4.78 is 0. The van der Waals surface area contributed by atoms with Gasteiger partial charge < -0.3 is 14.7 Å².